The predicted octanol–water partition coefficient (Wildman–Crippen LogP) is 6.40. The van der Waals surface area contributed by atoms with Crippen LogP contribution in [0.1, 0.15) is 34.7 Å². The van der Waals surface area contributed by atoms with Crippen LogP contribution in [0.25, 0.3) is 0 Å². The molecule has 0 saturated heterocycles. The van der Waals surface area contributed by atoms with Crippen LogP contribution in [0.4, 0.5) is 0 Å². The summed E-state index contributed by atoms with van der Waals surface area (Å²) in [6, 6.07) is 36.1. The third kappa shape index (κ3) is 7.80. The molecule has 0 aliphatic rings. The second-order valence-electron chi connectivity index (χ2n) is 8.97. The lowest BCUT2D eigenvalue weighted by molar-refractivity contribution is -0.141. The molecule has 1 atom stereocenters. The molecule has 4 aromatic rings. The van der Waals surface area contributed by atoms with Crippen molar-refractivity contribution < 1.29 is 9.59 Å². The number of hydrogen-bond donors (Lipinski definition) is 1. The van der Waals surface area contributed by atoms with Crippen molar-refractivity contribution in [3.8, 4) is 0 Å². The molecule has 4 rings (SSSR count). The largest absolute Gasteiger partial charge is 0.354 e. The van der Waals surface area contributed by atoms with E-state index in [1.54, 1.807) is 17.0 Å². The van der Waals surface area contributed by atoms with Crippen LogP contribution in [0.3, 0.4) is 0 Å². The number of hydrogen-bond acceptors (Lipinski definition) is 2. The third-order valence-electron chi connectivity index (χ3n) is 6.29. The first-order valence-electron chi connectivity index (χ1n) is 12.5. The van der Waals surface area contributed by atoms with Gasteiger partial charge in [-0.3, -0.25) is 9.59 Å². The van der Waals surface area contributed by atoms with Crippen molar-refractivity contribution in [2.75, 3.05) is 6.54 Å². The van der Waals surface area contributed by atoms with E-state index in [0.29, 0.717) is 37.4 Å². The Kier molecular flexibility index (Phi) is 9.50. The van der Waals surface area contributed by atoms with E-state index in [1.807, 2.05) is 103 Å². The number of carbonyl (C=O) groups excluding carboxylic acids is 2. The number of aryl methyl sites for hydroxylation is 1. The van der Waals surface area contributed by atoms with Crippen LogP contribution in [-0.4, -0.2) is 23.3 Å². The second kappa shape index (κ2) is 13.4. The summed E-state index contributed by atoms with van der Waals surface area (Å²) in [5.41, 5.74) is 3.93. The van der Waals surface area contributed by atoms with Crippen LogP contribution in [-0.2, 0) is 29.0 Å². The maximum absolute atomic E-state index is 13.7. The minimum Gasteiger partial charge on any atom is -0.354 e. The molecule has 4 nitrogen and oxygen atoms in total. The molecule has 5 heteroatoms. The van der Waals surface area contributed by atoms with Crippen molar-refractivity contribution in [1.29, 1.82) is 0 Å². The summed E-state index contributed by atoms with van der Waals surface area (Å²) >= 11 is 6.10. The van der Waals surface area contributed by atoms with Gasteiger partial charge in [0.15, 0.2) is 0 Å². The average Bonchev–Trinajstić information content (AvgIpc) is 2.94. The molecule has 0 aliphatic heterocycles. The summed E-state index contributed by atoms with van der Waals surface area (Å²) in [7, 11) is 0. The molecule has 0 saturated carbocycles. The maximum atomic E-state index is 13.7. The van der Waals surface area contributed by atoms with E-state index in [2.05, 4.69) is 5.32 Å². The first-order valence-corrected chi connectivity index (χ1v) is 12.9. The number of halogens is 1. The molecule has 0 aliphatic carbocycles. The zero-order valence-electron chi connectivity index (χ0n) is 20.7. The molecule has 4 aromatic carbocycles. The molecular weight excluding hydrogens is 480 g/mol. The van der Waals surface area contributed by atoms with Gasteiger partial charge in [0.2, 0.25) is 11.8 Å². The number of carbonyl (C=O) groups is 2. The van der Waals surface area contributed by atoms with E-state index in [9.17, 15) is 9.59 Å². The fraction of sp³-hybridized carbons (Fsp3) is 0.188. The Labute approximate surface area is 223 Å². The minimum atomic E-state index is -0.754. The van der Waals surface area contributed by atoms with Gasteiger partial charge in [-0.15, -0.1) is 0 Å². The lowest BCUT2D eigenvalue weighted by Gasteiger charge is -2.32. The highest BCUT2D eigenvalue weighted by Crippen LogP contribution is 2.25. The molecule has 0 heterocycles. The Bertz CT molecular complexity index is 1260. The highest BCUT2D eigenvalue weighted by atomic mass is 35.5. The Morgan fingerprint density at radius 3 is 1.81 bits per heavy atom. The summed E-state index contributed by atoms with van der Waals surface area (Å²) in [5.74, 6) is -0.268. The van der Waals surface area contributed by atoms with Crippen molar-refractivity contribution in [2.45, 2.75) is 31.8 Å². The molecule has 188 valence electrons. The lowest BCUT2D eigenvalue weighted by Crippen LogP contribution is -2.44. The van der Waals surface area contributed by atoms with E-state index in [4.69, 9.17) is 11.6 Å². The van der Waals surface area contributed by atoms with Gasteiger partial charge < -0.3 is 10.2 Å². The van der Waals surface area contributed by atoms with Crippen molar-refractivity contribution >= 4 is 23.4 Å². The fourth-order valence-corrected chi connectivity index (χ4v) is 4.46. The van der Waals surface area contributed by atoms with Crippen LogP contribution in [0.15, 0.2) is 115 Å². The first-order chi connectivity index (χ1) is 18.1. The zero-order valence-corrected chi connectivity index (χ0v) is 21.5. The normalized spacial score (nSPS) is 11.5. The van der Waals surface area contributed by atoms with Gasteiger partial charge in [-0.2, -0.15) is 0 Å². The second-order valence-corrected chi connectivity index (χ2v) is 9.41. The van der Waals surface area contributed by atoms with E-state index in [-0.39, 0.29) is 11.8 Å². The Hall–Kier alpha value is -3.89. The van der Waals surface area contributed by atoms with Crippen LogP contribution < -0.4 is 5.32 Å². The van der Waals surface area contributed by atoms with Crippen LogP contribution in [0.5, 0.6) is 0 Å². The van der Waals surface area contributed by atoms with Gasteiger partial charge >= 0.3 is 0 Å². The van der Waals surface area contributed by atoms with Crippen molar-refractivity contribution in [2.24, 2.45) is 0 Å². The predicted molar refractivity (Wildman–Crippen MR) is 149 cm³/mol. The monoisotopic (exact) mass is 510 g/mol. The van der Waals surface area contributed by atoms with Gasteiger partial charge in [0.25, 0.3) is 0 Å². The number of amides is 2. The quantitative estimate of drug-likeness (QED) is 0.254. The van der Waals surface area contributed by atoms with Crippen LogP contribution >= 0.6 is 11.6 Å². The summed E-state index contributed by atoms with van der Waals surface area (Å²) in [5, 5.41) is 3.71. The summed E-state index contributed by atoms with van der Waals surface area (Å²) in [6.45, 7) is 0.787. The van der Waals surface area contributed by atoms with Gasteiger partial charge in [-0.1, -0.05) is 115 Å². The SMILES string of the molecule is O=C(NCCc1ccccc1)[C@H](c1ccccc1)N(Cc1ccc(Cl)cc1)C(=O)CCc1ccccc1. The van der Waals surface area contributed by atoms with Gasteiger partial charge in [0.05, 0.1) is 0 Å². The van der Waals surface area contributed by atoms with Gasteiger partial charge in [-0.05, 0) is 47.2 Å². The molecule has 0 radical (unpaired) electrons. The van der Waals surface area contributed by atoms with Gasteiger partial charge in [-0.25, -0.2) is 0 Å². The Morgan fingerprint density at radius 1 is 0.676 bits per heavy atom. The molecule has 1 N–H and O–H groups in total. The average molecular weight is 511 g/mol. The number of rotatable bonds is 11. The summed E-state index contributed by atoms with van der Waals surface area (Å²) in [4.78, 5) is 29.1. The maximum Gasteiger partial charge on any atom is 0.247 e. The highest BCUT2D eigenvalue weighted by Gasteiger charge is 2.31. The Balaban J connectivity index is 1.58. The van der Waals surface area contributed by atoms with E-state index in [1.165, 1.54) is 0 Å². The first kappa shape index (κ1) is 26.2. The number of nitrogens with zero attached hydrogens (tertiary/aromatic N) is 1. The summed E-state index contributed by atoms with van der Waals surface area (Å²) in [6.07, 6.45) is 1.62. The highest BCUT2D eigenvalue weighted by molar-refractivity contribution is 6.30. The van der Waals surface area contributed by atoms with Gasteiger partial charge in [0.1, 0.15) is 6.04 Å². The molecule has 2 amide bonds. The van der Waals surface area contributed by atoms with E-state index in [0.717, 1.165) is 22.3 Å². The van der Waals surface area contributed by atoms with Gasteiger partial charge in [0, 0.05) is 24.5 Å². The standard InChI is InChI=1S/C32H31ClN2O2/c33-29-19-16-27(17-20-29)24-35(30(36)21-18-25-10-4-1-5-11-25)31(28-14-8-3-9-15-28)32(37)34-23-22-26-12-6-2-7-13-26/h1-17,19-20,31H,18,21-24H2,(H,34,37)/t31-/m0/s1. The smallest absolute Gasteiger partial charge is 0.247 e. The molecule has 0 fully saturated rings. The fourth-order valence-electron chi connectivity index (χ4n) is 4.33. The molecule has 0 aromatic heterocycles. The van der Waals surface area contributed by atoms with Crippen molar-refractivity contribution in [3.05, 3.63) is 143 Å². The molecule has 37 heavy (non-hydrogen) atoms. The lowest BCUT2D eigenvalue weighted by atomic mass is 10.0. The van der Waals surface area contributed by atoms with E-state index >= 15 is 0 Å². The van der Waals surface area contributed by atoms with Crippen molar-refractivity contribution in [1.82, 2.24) is 10.2 Å². The van der Waals surface area contributed by atoms with Crippen LogP contribution in [0, 0.1) is 0 Å². The number of benzene rings is 4. The third-order valence-corrected chi connectivity index (χ3v) is 6.54. The molecule has 0 bridgehead atoms. The minimum absolute atomic E-state index is 0.0779. The Morgan fingerprint density at radius 2 is 1.22 bits per heavy atom. The topological polar surface area (TPSA) is 49.4 Å². The van der Waals surface area contributed by atoms with Crippen molar-refractivity contribution in [3.63, 3.8) is 0 Å². The summed E-state index contributed by atoms with van der Waals surface area (Å²) < 4.78 is 0. The van der Waals surface area contributed by atoms with E-state index < -0.39 is 6.04 Å². The molecule has 0 spiro atoms. The van der Waals surface area contributed by atoms with Crippen LogP contribution in [0.2, 0.25) is 5.02 Å². The molecular formula is C32H31ClN2O2. The zero-order chi connectivity index (χ0) is 25.9. The molecule has 0 unspecified atom stereocenters. The number of nitrogens with one attached hydrogen (secondary N) is 1.